The zero-order valence-corrected chi connectivity index (χ0v) is 26.6. The molecule has 6 rings (SSSR count). The van der Waals surface area contributed by atoms with Crippen molar-refractivity contribution >= 4 is 5.82 Å². The summed E-state index contributed by atoms with van der Waals surface area (Å²) >= 11 is 0. The van der Waals surface area contributed by atoms with Gasteiger partial charge in [0.25, 0.3) is 0 Å². The Labute approximate surface area is 275 Å². The summed E-state index contributed by atoms with van der Waals surface area (Å²) in [7, 11) is 0. The molecule has 0 spiro atoms. The normalized spacial score (nSPS) is 23.7. The number of ether oxygens (including phenoxy) is 3. The van der Waals surface area contributed by atoms with Gasteiger partial charge in [0, 0.05) is 32.2 Å². The molecule has 0 unspecified atom stereocenters. The van der Waals surface area contributed by atoms with Crippen LogP contribution in [0.3, 0.4) is 0 Å². The SMILES string of the molecule is C[C@@H]1[C@@H](OCc2ccccc2)[C@H](OCc2ccccc2)[C@@H](OCc2ccccc2)CN1C[C@H]1CCN(c2cccc(C(F)(F)F)n2)C1. The third-order valence-electron chi connectivity index (χ3n) is 9.16. The topological polar surface area (TPSA) is 47.1 Å². The van der Waals surface area contributed by atoms with Crippen molar-refractivity contribution < 1.29 is 27.4 Å². The Morgan fingerprint density at radius 2 is 1.23 bits per heavy atom. The molecule has 9 heteroatoms. The fourth-order valence-corrected chi connectivity index (χ4v) is 6.61. The maximum absolute atomic E-state index is 13.4. The Balaban J connectivity index is 1.21. The number of aromatic nitrogens is 1. The molecule has 0 bridgehead atoms. The molecular weight excluding hydrogens is 603 g/mol. The number of hydrogen-bond acceptors (Lipinski definition) is 6. The number of hydrogen-bond donors (Lipinski definition) is 0. The number of piperidine rings is 1. The molecule has 3 heterocycles. The summed E-state index contributed by atoms with van der Waals surface area (Å²) in [6.07, 6.45) is -4.47. The molecule has 2 aliphatic rings. The molecule has 47 heavy (non-hydrogen) atoms. The maximum Gasteiger partial charge on any atom is 0.433 e. The first-order valence-corrected chi connectivity index (χ1v) is 16.3. The predicted octanol–water partition coefficient (Wildman–Crippen LogP) is 7.39. The number of nitrogens with zero attached hydrogens (tertiary/aromatic N) is 3. The summed E-state index contributed by atoms with van der Waals surface area (Å²) in [6, 6.07) is 34.5. The molecule has 0 saturated carbocycles. The molecule has 0 N–H and O–H groups in total. The van der Waals surface area contributed by atoms with Crippen LogP contribution in [0.2, 0.25) is 0 Å². The van der Waals surface area contributed by atoms with Crippen molar-refractivity contribution in [2.45, 2.75) is 63.7 Å². The van der Waals surface area contributed by atoms with Gasteiger partial charge < -0.3 is 19.1 Å². The van der Waals surface area contributed by atoms with Crippen LogP contribution in [0.25, 0.3) is 0 Å². The lowest BCUT2D eigenvalue weighted by Crippen LogP contribution is -2.63. The Bertz CT molecular complexity index is 1530. The molecule has 6 nitrogen and oxygen atoms in total. The Hall–Kier alpha value is -3.76. The lowest BCUT2D eigenvalue weighted by Gasteiger charge is -2.48. The smallest absolute Gasteiger partial charge is 0.369 e. The van der Waals surface area contributed by atoms with Crippen molar-refractivity contribution in [3.63, 3.8) is 0 Å². The Kier molecular flexibility index (Phi) is 10.9. The van der Waals surface area contributed by atoms with E-state index < -0.39 is 11.9 Å². The number of pyridine rings is 1. The van der Waals surface area contributed by atoms with Gasteiger partial charge in [-0.3, -0.25) is 4.90 Å². The average Bonchev–Trinajstić information content (AvgIpc) is 3.57. The largest absolute Gasteiger partial charge is 0.433 e. The zero-order valence-electron chi connectivity index (χ0n) is 26.6. The van der Waals surface area contributed by atoms with Crippen LogP contribution < -0.4 is 4.90 Å². The number of likely N-dealkylation sites (tertiary alicyclic amines) is 1. The van der Waals surface area contributed by atoms with E-state index in [4.69, 9.17) is 14.2 Å². The predicted molar refractivity (Wildman–Crippen MR) is 176 cm³/mol. The molecule has 4 aromatic rings. The van der Waals surface area contributed by atoms with Crippen LogP contribution in [0.15, 0.2) is 109 Å². The number of anilines is 1. The molecule has 2 fully saturated rings. The van der Waals surface area contributed by atoms with E-state index in [1.807, 2.05) is 59.5 Å². The molecule has 0 radical (unpaired) electrons. The van der Waals surface area contributed by atoms with Gasteiger partial charge in [0.05, 0.1) is 25.9 Å². The van der Waals surface area contributed by atoms with E-state index in [1.165, 1.54) is 6.07 Å². The van der Waals surface area contributed by atoms with E-state index in [-0.39, 0.29) is 30.3 Å². The number of alkyl halides is 3. The van der Waals surface area contributed by atoms with Gasteiger partial charge >= 0.3 is 6.18 Å². The van der Waals surface area contributed by atoms with Crippen LogP contribution in [0, 0.1) is 5.92 Å². The van der Waals surface area contributed by atoms with Crippen LogP contribution in [0.5, 0.6) is 0 Å². The Morgan fingerprint density at radius 1 is 0.681 bits per heavy atom. The summed E-state index contributed by atoms with van der Waals surface area (Å²) in [6.45, 7) is 6.22. The number of halogens is 3. The molecule has 1 aromatic heterocycles. The minimum atomic E-state index is -4.47. The van der Waals surface area contributed by atoms with Gasteiger partial charge in [-0.25, -0.2) is 4.98 Å². The quantitative estimate of drug-likeness (QED) is 0.160. The number of rotatable bonds is 12. The van der Waals surface area contributed by atoms with Crippen molar-refractivity contribution in [1.29, 1.82) is 0 Å². The lowest BCUT2D eigenvalue weighted by atomic mass is 9.92. The zero-order chi connectivity index (χ0) is 32.6. The molecule has 0 aliphatic carbocycles. The minimum Gasteiger partial charge on any atom is -0.369 e. The highest BCUT2D eigenvalue weighted by molar-refractivity contribution is 5.41. The summed E-state index contributed by atoms with van der Waals surface area (Å²) in [4.78, 5) is 8.32. The monoisotopic (exact) mass is 645 g/mol. The fraction of sp³-hybridized carbons (Fsp3) is 0.395. The fourth-order valence-electron chi connectivity index (χ4n) is 6.61. The Morgan fingerprint density at radius 3 is 1.81 bits per heavy atom. The van der Waals surface area contributed by atoms with E-state index in [0.29, 0.717) is 45.3 Å². The van der Waals surface area contributed by atoms with Crippen molar-refractivity contribution in [2.75, 3.05) is 31.1 Å². The summed E-state index contributed by atoms with van der Waals surface area (Å²) in [5.74, 6) is 0.622. The van der Waals surface area contributed by atoms with E-state index in [0.717, 1.165) is 35.7 Å². The minimum absolute atomic E-state index is 0.0109. The average molecular weight is 646 g/mol. The van der Waals surface area contributed by atoms with Crippen molar-refractivity contribution in [1.82, 2.24) is 9.88 Å². The van der Waals surface area contributed by atoms with Crippen LogP contribution in [-0.2, 0) is 40.2 Å². The van der Waals surface area contributed by atoms with E-state index >= 15 is 0 Å². The summed E-state index contributed by atoms with van der Waals surface area (Å²) in [5.41, 5.74) is 2.39. The van der Waals surface area contributed by atoms with Crippen LogP contribution >= 0.6 is 0 Å². The molecule has 0 amide bonds. The molecule has 248 valence electrons. The third-order valence-corrected chi connectivity index (χ3v) is 9.16. The van der Waals surface area contributed by atoms with Crippen molar-refractivity contribution in [2.24, 2.45) is 5.92 Å². The lowest BCUT2D eigenvalue weighted by molar-refractivity contribution is -0.201. The second-order valence-corrected chi connectivity index (χ2v) is 12.5. The highest BCUT2D eigenvalue weighted by atomic mass is 19.4. The van der Waals surface area contributed by atoms with Gasteiger partial charge in [0.1, 0.15) is 23.7 Å². The van der Waals surface area contributed by atoms with E-state index in [1.54, 1.807) is 6.07 Å². The third kappa shape index (κ3) is 8.78. The van der Waals surface area contributed by atoms with Crippen LogP contribution in [-0.4, -0.2) is 60.4 Å². The van der Waals surface area contributed by atoms with Crippen LogP contribution in [0.4, 0.5) is 19.0 Å². The number of benzene rings is 3. The van der Waals surface area contributed by atoms with Gasteiger partial charge in [0.2, 0.25) is 0 Å². The van der Waals surface area contributed by atoms with Crippen LogP contribution in [0.1, 0.15) is 35.7 Å². The highest BCUT2D eigenvalue weighted by Gasteiger charge is 2.45. The summed E-state index contributed by atoms with van der Waals surface area (Å²) < 4.78 is 60.1. The molecule has 2 saturated heterocycles. The molecule has 5 atom stereocenters. The standard InChI is InChI=1S/C38H42F3N3O3/c1-28-36(46-26-30-14-7-3-8-15-30)37(47-27-31-16-9-4-10-17-31)33(45-25-29-12-5-2-6-13-29)24-44(28)23-32-20-21-43(22-32)35-19-11-18-34(42-35)38(39,40)41/h2-19,28,32-33,36-37H,20-27H2,1H3/t28-,32+,33+,36-,37-/m1/s1. The van der Waals surface area contributed by atoms with Gasteiger partial charge in [0.15, 0.2) is 0 Å². The van der Waals surface area contributed by atoms with Gasteiger partial charge in [-0.15, -0.1) is 0 Å². The van der Waals surface area contributed by atoms with E-state index in [9.17, 15) is 13.2 Å². The first kappa shape index (κ1) is 33.2. The first-order chi connectivity index (χ1) is 22.8. The highest BCUT2D eigenvalue weighted by Crippen LogP contribution is 2.33. The van der Waals surface area contributed by atoms with Crippen molar-refractivity contribution in [3.8, 4) is 0 Å². The van der Waals surface area contributed by atoms with Crippen molar-refractivity contribution in [3.05, 3.63) is 132 Å². The summed E-state index contributed by atoms with van der Waals surface area (Å²) in [5, 5.41) is 0. The van der Waals surface area contributed by atoms with Gasteiger partial charge in [-0.05, 0) is 48.1 Å². The first-order valence-electron chi connectivity index (χ1n) is 16.3. The molecule has 3 aromatic carbocycles. The van der Waals surface area contributed by atoms with Gasteiger partial charge in [-0.1, -0.05) is 97.1 Å². The molecular formula is C38H42F3N3O3. The van der Waals surface area contributed by atoms with E-state index in [2.05, 4.69) is 53.2 Å². The second-order valence-electron chi connectivity index (χ2n) is 12.5. The second kappa shape index (κ2) is 15.4. The maximum atomic E-state index is 13.4. The van der Waals surface area contributed by atoms with Gasteiger partial charge in [-0.2, -0.15) is 13.2 Å². The molecule has 2 aliphatic heterocycles.